The molecule has 0 saturated carbocycles. The number of hydrogen-bond donors (Lipinski definition) is 1. The van der Waals surface area contributed by atoms with Crippen LogP contribution in [0.4, 0.5) is 10.1 Å². The normalized spacial score (nSPS) is 14.7. The molecule has 0 atom stereocenters. The predicted molar refractivity (Wildman–Crippen MR) is 143 cm³/mol. The van der Waals surface area contributed by atoms with Crippen LogP contribution in [0.3, 0.4) is 0 Å². The van der Waals surface area contributed by atoms with E-state index in [9.17, 15) is 14.0 Å². The Kier molecular flexibility index (Phi) is 7.81. The van der Waals surface area contributed by atoms with Gasteiger partial charge in [-0.2, -0.15) is 0 Å². The predicted octanol–water partition coefficient (Wildman–Crippen LogP) is 5.57. The Balaban J connectivity index is 1.62. The van der Waals surface area contributed by atoms with Gasteiger partial charge in [0, 0.05) is 0 Å². The van der Waals surface area contributed by atoms with Gasteiger partial charge < -0.3 is 9.47 Å². The summed E-state index contributed by atoms with van der Waals surface area (Å²) in [4.78, 5) is 27.3. The van der Waals surface area contributed by atoms with Crippen molar-refractivity contribution in [2.75, 3.05) is 12.0 Å². The van der Waals surface area contributed by atoms with Crippen molar-refractivity contribution in [1.29, 1.82) is 0 Å². The van der Waals surface area contributed by atoms with Crippen LogP contribution >= 0.6 is 28.1 Å². The third kappa shape index (κ3) is 5.47. The number of benzene rings is 3. The molecule has 1 saturated heterocycles. The number of carbonyl (C=O) groups is 2. The third-order valence-corrected chi connectivity index (χ3v) is 6.44. The van der Waals surface area contributed by atoms with E-state index in [0.717, 1.165) is 17.5 Å². The molecule has 36 heavy (non-hydrogen) atoms. The summed E-state index contributed by atoms with van der Waals surface area (Å²) in [5.41, 5.74) is 2.94. The first kappa shape index (κ1) is 25.5. The lowest BCUT2D eigenvalue weighted by molar-refractivity contribution is -0.122. The van der Waals surface area contributed by atoms with Crippen molar-refractivity contribution in [2.24, 2.45) is 0 Å². The van der Waals surface area contributed by atoms with E-state index in [0.29, 0.717) is 27.2 Å². The molecule has 2 amide bonds. The summed E-state index contributed by atoms with van der Waals surface area (Å²) in [6.07, 6.45) is 2.34. The molecule has 0 aliphatic carbocycles. The molecule has 4 rings (SSSR count). The van der Waals surface area contributed by atoms with Crippen LogP contribution in [0.25, 0.3) is 6.08 Å². The van der Waals surface area contributed by atoms with Gasteiger partial charge in [0.1, 0.15) is 18.0 Å². The van der Waals surface area contributed by atoms with E-state index in [-0.39, 0.29) is 23.1 Å². The molecule has 184 valence electrons. The first-order chi connectivity index (χ1) is 17.3. The number of hydrogen-bond acceptors (Lipinski definition) is 5. The highest BCUT2D eigenvalue weighted by Crippen LogP contribution is 2.38. The number of carbonyl (C=O) groups excluding carboxylic acids is 2. The van der Waals surface area contributed by atoms with Crippen molar-refractivity contribution in [3.05, 3.63) is 93.2 Å². The minimum atomic E-state index is -0.585. The van der Waals surface area contributed by atoms with Crippen LogP contribution < -0.4 is 19.7 Å². The summed E-state index contributed by atoms with van der Waals surface area (Å²) in [5.74, 6) is -0.613. The molecule has 0 spiro atoms. The van der Waals surface area contributed by atoms with E-state index in [1.807, 2.05) is 19.1 Å². The van der Waals surface area contributed by atoms with E-state index in [2.05, 4.69) is 21.2 Å². The van der Waals surface area contributed by atoms with Crippen molar-refractivity contribution in [2.45, 2.75) is 20.0 Å². The van der Waals surface area contributed by atoms with Gasteiger partial charge in [-0.1, -0.05) is 31.2 Å². The smallest absolute Gasteiger partial charge is 0.270 e. The fourth-order valence-electron chi connectivity index (χ4n) is 3.64. The van der Waals surface area contributed by atoms with Crippen LogP contribution in [-0.4, -0.2) is 24.0 Å². The van der Waals surface area contributed by atoms with Crippen LogP contribution in [0.2, 0.25) is 0 Å². The number of methoxy groups -OCH3 is 1. The summed E-state index contributed by atoms with van der Waals surface area (Å²) in [6, 6.07) is 16.8. The summed E-state index contributed by atoms with van der Waals surface area (Å²) in [6.45, 7) is 2.23. The van der Waals surface area contributed by atoms with Gasteiger partial charge >= 0.3 is 0 Å². The monoisotopic (exact) mass is 568 g/mol. The zero-order valence-electron chi connectivity index (χ0n) is 19.5. The quantitative estimate of drug-likeness (QED) is 0.229. The number of aryl methyl sites for hydroxylation is 1. The first-order valence-electron chi connectivity index (χ1n) is 11.1. The highest BCUT2D eigenvalue weighted by Gasteiger charge is 2.34. The molecule has 1 N–H and O–H groups in total. The van der Waals surface area contributed by atoms with E-state index < -0.39 is 11.8 Å². The standard InChI is InChI=1S/C27H22BrFN2O4S/c1-3-16-6-10-20(11-7-16)31-26(33)21(25(32)30-27(31)36)12-18-13-22(28)24(23(14-18)34-2)35-15-17-4-8-19(29)9-5-17/h4-14H,3,15H2,1-2H3,(H,30,32,36)/b21-12+. The Labute approximate surface area is 221 Å². The Morgan fingerprint density at radius 3 is 2.36 bits per heavy atom. The molecular formula is C27H22BrFN2O4S. The van der Waals surface area contributed by atoms with Gasteiger partial charge in [0.2, 0.25) is 0 Å². The van der Waals surface area contributed by atoms with E-state index in [1.54, 1.807) is 36.4 Å². The number of halogens is 2. The average Bonchev–Trinajstić information content (AvgIpc) is 2.87. The maximum absolute atomic E-state index is 13.3. The molecule has 0 aromatic heterocycles. The largest absolute Gasteiger partial charge is 0.493 e. The minimum Gasteiger partial charge on any atom is -0.493 e. The van der Waals surface area contributed by atoms with Crippen LogP contribution in [0.1, 0.15) is 23.6 Å². The zero-order valence-corrected chi connectivity index (χ0v) is 21.9. The Morgan fingerprint density at radius 1 is 1.06 bits per heavy atom. The SMILES string of the molecule is CCc1ccc(N2C(=O)/C(=C/c3cc(Br)c(OCc4ccc(F)cc4)c(OC)c3)C(=O)NC2=S)cc1. The van der Waals surface area contributed by atoms with E-state index in [1.165, 1.54) is 30.2 Å². The summed E-state index contributed by atoms with van der Waals surface area (Å²) in [7, 11) is 1.49. The third-order valence-electron chi connectivity index (χ3n) is 5.56. The van der Waals surface area contributed by atoms with E-state index in [4.69, 9.17) is 21.7 Å². The lowest BCUT2D eigenvalue weighted by Gasteiger charge is -2.29. The number of nitrogens with zero attached hydrogens (tertiary/aromatic N) is 1. The van der Waals surface area contributed by atoms with Crippen molar-refractivity contribution in [3.63, 3.8) is 0 Å². The Bertz CT molecular complexity index is 1360. The lowest BCUT2D eigenvalue weighted by Crippen LogP contribution is -2.54. The second kappa shape index (κ2) is 11.0. The fraction of sp³-hybridized carbons (Fsp3) is 0.148. The minimum absolute atomic E-state index is 0.0229. The molecule has 3 aromatic carbocycles. The topological polar surface area (TPSA) is 67.9 Å². The van der Waals surface area contributed by atoms with E-state index >= 15 is 0 Å². The number of nitrogens with one attached hydrogen (secondary N) is 1. The number of rotatable bonds is 7. The maximum Gasteiger partial charge on any atom is 0.270 e. The molecule has 9 heteroatoms. The van der Waals surface area contributed by atoms with Crippen molar-refractivity contribution < 1.29 is 23.5 Å². The van der Waals surface area contributed by atoms with Crippen molar-refractivity contribution in [1.82, 2.24) is 5.32 Å². The fourth-order valence-corrected chi connectivity index (χ4v) is 4.49. The molecule has 6 nitrogen and oxygen atoms in total. The summed E-state index contributed by atoms with van der Waals surface area (Å²) < 4.78 is 25.1. The molecule has 0 radical (unpaired) electrons. The molecule has 1 heterocycles. The Hall–Kier alpha value is -3.56. The first-order valence-corrected chi connectivity index (χ1v) is 12.3. The zero-order chi connectivity index (χ0) is 25.8. The van der Waals surface area contributed by atoms with Gasteiger partial charge in [0.05, 0.1) is 17.3 Å². The number of amides is 2. The second-order valence-corrected chi connectivity index (χ2v) is 9.17. The highest BCUT2D eigenvalue weighted by molar-refractivity contribution is 9.10. The van der Waals surface area contributed by atoms with Crippen LogP contribution in [0, 0.1) is 5.82 Å². The lowest BCUT2D eigenvalue weighted by atomic mass is 10.1. The van der Waals surface area contributed by atoms with Gasteiger partial charge in [-0.25, -0.2) is 4.39 Å². The van der Waals surface area contributed by atoms with Crippen LogP contribution in [0.5, 0.6) is 11.5 Å². The Morgan fingerprint density at radius 2 is 1.72 bits per heavy atom. The van der Waals surface area contributed by atoms with Gasteiger partial charge in [-0.05, 0) is 93.7 Å². The van der Waals surface area contributed by atoms with Crippen molar-refractivity contribution >= 4 is 56.8 Å². The van der Waals surface area contributed by atoms with Crippen molar-refractivity contribution in [3.8, 4) is 11.5 Å². The summed E-state index contributed by atoms with van der Waals surface area (Å²) in [5, 5.41) is 2.61. The van der Waals surface area contributed by atoms with Crippen LogP contribution in [0.15, 0.2) is 70.7 Å². The van der Waals surface area contributed by atoms with Gasteiger partial charge in [0.25, 0.3) is 11.8 Å². The number of anilines is 1. The molecule has 0 unspecified atom stereocenters. The molecule has 1 aliphatic heterocycles. The van der Waals surface area contributed by atoms with Gasteiger partial charge in [0.15, 0.2) is 16.6 Å². The molecule has 3 aromatic rings. The molecule has 1 aliphatic rings. The second-order valence-electron chi connectivity index (χ2n) is 7.93. The average molecular weight is 569 g/mol. The van der Waals surface area contributed by atoms with Gasteiger partial charge in [-0.15, -0.1) is 0 Å². The van der Waals surface area contributed by atoms with Gasteiger partial charge in [-0.3, -0.25) is 19.8 Å². The highest BCUT2D eigenvalue weighted by atomic mass is 79.9. The van der Waals surface area contributed by atoms with Crippen LogP contribution in [-0.2, 0) is 22.6 Å². The molecule has 1 fully saturated rings. The number of ether oxygens (including phenoxy) is 2. The molecular weight excluding hydrogens is 547 g/mol. The molecule has 0 bridgehead atoms. The number of thiocarbonyl (C=S) groups is 1. The summed E-state index contributed by atoms with van der Waals surface area (Å²) >= 11 is 8.76. The maximum atomic E-state index is 13.3.